The first kappa shape index (κ1) is 12.2. The third-order valence-corrected chi connectivity index (χ3v) is 2.79. The highest BCUT2D eigenvalue weighted by molar-refractivity contribution is 7.71. The summed E-state index contributed by atoms with van der Waals surface area (Å²) >= 11 is 4.79. The fourth-order valence-electron chi connectivity index (χ4n) is 1.68. The van der Waals surface area contributed by atoms with Crippen LogP contribution in [0.25, 0.3) is 17.2 Å². The smallest absolute Gasteiger partial charge is 0.281 e. The molecule has 0 saturated heterocycles. The van der Waals surface area contributed by atoms with E-state index in [4.69, 9.17) is 12.2 Å². The molecule has 2 heterocycles. The third kappa shape index (κ3) is 1.97. The number of rotatable bonds is 2. The molecule has 2 N–H and O–H groups in total. The molecule has 0 atom stereocenters. The third-order valence-electron chi connectivity index (χ3n) is 2.60. The Kier molecular flexibility index (Phi) is 2.64. The van der Waals surface area contributed by atoms with Crippen molar-refractivity contribution in [2.45, 2.75) is 0 Å². The SMILES string of the molecule is O=c1[nH]c(=S)nc2nc(-c3ccc([N+](=O)[O-])cc3)[nH]n12. The molecule has 100 valence electrons. The van der Waals surface area contributed by atoms with E-state index in [-0.39, 0.29) is 16.2 Å². The predicted octanol–water partition coefficient (Wildman–Crippen LogP) is 1.05. The molecule has 0 bridgehead atoms. The van der Waals surface area contributed by atoms with Crippen LogP contribution in [0.1, 0.15) is 0 Å². The Bertz CT molecular complexity index is 923. The number of hydrogen-bond acceptors (Lipinski definition) is 6. The molecular weight excluding hydrogens is 284 g/mol. The number of nitro benzene ring substituents is 1. The van der Waals surface area contributed by atoms with Gasteiger partial charge in [0, 0.05) is 17.7 Å². The summed E-state index contributed by atoms with van der Waals surface area (Å²) in [6.07, 6.45) is 0. The van der Waals surface area contributed by atoms with Crippen LogP contribution in [0.15, 0.2) is 29.1 Å². The van der Waals surface area contributed by atoms with Gasteiger partial charge in [-0.1, -0.05) is 0 Å². The van der Waals surface area contributed by atoms with Gasteiger partial charge in [0.25, 0.3) is 11.5 Å². The summed E-state index contributed by atoms with van der Waals surface area (Å²) in [5.41, 5.74) is 0.0772. The summed E-state index contributed by atoms with van der Waals surface area (Å²) in [6.45, 7) is 0. The lowest BCUT2D eigenvalue weighted by Gasteiger charge is -1.95. The first-order valence-electron chi connectivity index (χ1n) is 5.38. The molecule has 0 aliphatic heterocycles. The number of fused-ring (bicyclic) bond motifs is 1. The zero-order valence-electron chi connectivity index (χ0n) is 9.73. The van der Waals surface area contributed by atoms with Gasteiger partial charge in [-0.25, -0.2) is 4.79 Å². The van der Waals surface area contributed by atoms with Crippen molar-refractivity contribution in [2.75, 3.05) is 0 Å². The van der Waals surface area contributed by atoms with Crippen molar-refractivity contribution in [3.05, 3.63) is 49.6 Å². The molecule has 1 aromatic carbocycles. The Morgan fingerprint density at radius 2 is 1.95 bits per heavy atom. The van der Waals surface area contributed by atoms with E-state index >= 15 is 0 Å². The Hall–Kier alpha value is -2.88. The Morgan fingerprint density at radius 3 is 2.60 bits per heavy atom. The molecule has 0 aliphatic carbocycles. The van der Waals surface area contributed by atoms with Crippen LogP contribution in [-0.4, -0.2) is 29.5 Å². The van der Waals surface area contributed by atoms with E-state index in [0.717, 1.165) is 4.52 Å². The molecule has 3 rings (SSSR count). The molecule has 2 aromatic heterocycles. The van der Waals surface area contributed by atoms with Crippen molar-refractivity contribution in [3.8, 4) is 11.4 Å². The molecule has 9 nitrogen and oxygen atoms in total. The average Bonchev–Trinajstić information content (AvgIpc) is 2.83. The Morgan fingerprint density at radius 1 is 1.25 bits per heavy atom. The van der Waals surface area contributed by atoms with Crippen molar-refractivity contribution in [1.82, 2.24) is 24.6 Å². The summed E-state index contributed by atoms with van der Waals surface area (Å²) in [5.74, 6) is 0.491. The van der Waals surface area contributed by atoms with Crippen molar-refractivity contribution < 1.29 is 4.92 Å². The molecule has 10 heteroatoms. The van der Waals surface area contributed by atoms with Crippen LogP contribution in [0.2, 0.25) is 0 Å². The Labute approximate surface area is 115 Å². The van der Waals surface area contributed by atoms with E-state index in [1.807, 2.05) is 0 Å². The molecule has 0 amide bonds. The minimum atomic E-state index is -0.493. The lowest BCUT2D eigenvalue weighted by molar-refractivity contribution is -0.384. The number of nitrogens with zero attached hydrogens (tertiary/aromatic N) is 4. The van der Waals surface area contributed by atoms with Gasteiger partial charge in [0.2, 0.25) is 4.77 Å². The lowest BCUT2D eigenvalue weighted by atomic mass is 10.2. The van der Waals surface area contributed by atoms with Gasteiger partial charge in [-0.3, -0.25) is 20.2 Å². The molecule has 0 aliphatic rings. The summed E-state index contributed by atoms with van der Waals surface area (Å²) in [4.78, 5) is 32.1. The second kappa shape index (κ2) is 4.35. The van der Waals surface area contributed by atoms with E-state index in [1.165, 1.54) is 24.3 Å². The quantitative estimate of drug-likeness (QED) is 0.413. The van der Waals surface area contributed by atoms with Crippen molar-refractivity contribution >= 4 is 23.7 Å². The second-order valence-corrected chi connectivity index (χ2v) is 4.25. The van der Waals surface area contributed by atoms with Gasteiger partial charge in [0.15, 0.2) is 5.82 Å². The Balaban J connectivity index is 2.15. The topological polar surface area (TPSA) is 122 Å². The summed E-state index contributed by atoms with van der Waals surface area (Å²) in [5, 5.41) is 13.3. The summed E-state index contributed by atoms with van der Waals surface area (Å²) in [7, 11) is 0. The van der Waals surface area contributed by atoms with Crippen LogP contribution in [0.3, 0.4) is 0 Å². The molecule has 0 spiro atoms. The van der Waals surface area contributed by atoms with E-state index in [2.05, 4.69) is 20.1 Å². The molecule has 0 saturated carbocycles. The molecular formula is C10H6N6O3S. The fourth-order valence-corrected chi connectivity index (χ4v) is 1.85. The number of nitro groups is 1. The fraction of sp³-hybridized carbons (Fsp3) is 0. The maximum absolute atomic E-state index is 11.6. The van der Waals surface area contributed by atoms with Crippen LogP contribution in [0.4, 0.5) is 5.69 Å². The van der Waals surface area contributed by atoms with Crippen LogP contribution in [0, 0.1) is 14.9 Å². The predicted molar refractivity (Wildman–Crippen MR) is 70.9 cm³/mol. The number of aromatic amines is 2. The van der Waals surface area contributed by atoms with E-state index in [9.17, 15) is 14.9 Å². The largest absolute Gasteiger partial charge is 0.349 e. The first-order chi connectivity index (χ1) is 9.54. The zero-order chi connectivity index (χ0) is 14.3. The number of non-ortho nitro benzene ring substituents is 1. The number of benzene rings is 1. The molecule has 0 fully saturated rings. The summed E-state index contributed by atoms with van der Waals surface area (Å²) < 4.78 is 1.14. The van der Waals surface area contributed by atoms with Crippen molar-refractivity contribution in [3.63, 3.8) is 0 Å². The zero-order valence-corrected chi connectivity index (χ0v) is 10.5. The normalized spacial score (nSPS) is 10.8. The highest BCUT2D eigenvalue weighted by atomic mass is 32.1. The van der Waals surface area contributed by atoms with Gasteiger partial charge in [-0.15, -0.1) is 0 Å². The highest BCUT2D eigenvalue weighted by Gasteiger charge is 2.10. The van der Waals surface area contributed by atoms with Crippen LogP contribution in [0.5, 0.6) is 0 Å². The second-order valence-electron chi connectivity index (χ2n) is 3.86. The van der Waals surface area contributed by atoms with Gasteiger partial charge in [0.05, 0.1) is 4.92 Å². The van der Waals surface area contributed by atoms with Crippen molar-refractivity contribution in [2.24, 2.45) is 0 Å². The highest BCUT2D eigenvalue weighted by Crippen LogP contribution is 2.19. The van der Waals surface area contributed by atoms with Gasteiger partial charge in [-0.05, 0) is 24.4 Å². The van der Waals surface area contributed by atoms with Crippen molar-refractivity contribution in [1.29, 1.82) is 0 Å². The standard InChI is InChI=1S/C10H6N6O3S/c17-10-13-9(20)12-8-11-7(14-15(8)10)5-1-3-6(4-2-5)16(18)19/h1-4H,(H2,11,12,13,14,17,20). The number of hydrogen-bond donors (Lipinski definition) is 2. The van der Waals surface area contributed by atoms with Gasteiger partial charge in [0.1, 0.15) is 0 Å². The minimum absolute atomic E-state index is 0.0265. The molecule has 0 radical (unpaired) electrons. The maximum Gasteiger partial charge on any atom is 0.349 e. The van der Waals surface area contributed by atoms with Gasteiger partial charge < -0.3 is 0 Å². The number of aromatic nitrogens is 5. The minimum Gasteiger partial charge on any atom is -0.281 e. The average molecular weight is 290 g/mol. The van der Waals surface area contributed by atoms with E-state index in [0.29, 0.717) is 11.4 Å². The van der Waals surface area contributed by atoms with E-state index < -0.39 is 10.6 Å². The van der Waals surface area contributed by atoms with Crippen LogP contribution in [-0.2, 0) is 0 Å². The first-order valence-corrected chi connectivity index (χ1v) is 5.79. The van der Waals surface area contributed by atoms with Gasteiger partial charge in [-0.2, -0.15) is 14.5 Å². The van der Waals surface area contributed by atoms with Gasteiger partial charge >= 0.3 is 5.69 Å². The molecule has 20 heavy (non-hydrogen) atoms. The monoisotopic (exact) mass is 290 g/mol. The lowest BCUT2D eigenvalue weighted by Crippen LogP contribution is -2.18. The van der Waals surface area contributed by atoms with E-state index in [1.54, 1.807) is 0 Å². The molecule has 0 unspecified atom stereocenters. The summed E-state index contributed by atoms with van der Waals surface area (Å²) in [6, 6.07) is 5.76. The maximum atomic E-state index is 11.6. The van der Waals surface area contributed by atoms with Crippen LogP contribution >= 0.6 is 12.2 Å². The number of nitrogens with one attached hydrogen (secondary N) is 2. The number of H-pyrrole nitrogens is 2. The van der Waals surface area contributed by atoms with Crippen LogP contribution < -0.4 is 5.69 Å². The molecule has 3 aromatic rings.